The highest BCUT2D eigenvalue weighted by atomic mass is 35.5. The number of nitrogens with one attached hydrogen (secondary N) is 1. The number of aliphatic hydroxyl groups excluding tert-OH is 1. The Kier molecular flexibility index (Phi) is 5.39. The largest absolute Gasteiger partial charge is 0.395 e. The zero-order valence-corrected chi connectivity index (χ0v) is 13.2. The van der Waals surface area contributed by atoms with Crippen molar-refractivity contribution in [1.29, 1.82) is 0 Å². The van der Waals surface area contributed by atoms with Gasteiger partial charge in [0.05, 0.1) is 17.3 Å². The molecule has 0 saturated carbocycles. The average Bonchev–Trinajstić information content (AvgIpc) is 2.48. The Bertz CT molecular complexity index is 748. The first-order valence-corrected chi connectivity index (χ1v) is 8.57. The standard InChI is InChI=1S/C15H15ClFNO3S/c16-12-1-6-15(17)11(9-12)10-18-13-2-4-14(5-3-13)22(20,21)8-7-19/h1-6,9,18-19H,7-8,10H2. The van der Waals surface area contributed by atoms with Crippen LogP contribution in [0.2, 0.25) is 5.02 Å². The Morgan fingerprint density at radius 1 is 1.14 bits per heavy atom. The van der Waals surface area contributed by atoms with Gasteiger partial charge in [-0.2, -0.15) is 0 Å². The number of halogens is 2. The van der Waals surface area contributed by atoms with E-state index in [-0.39, 0.29) is 23.0 Å². The van der Waals surface area contributed by atoms with E-state index < -0.39 is 16.4 Å². The molecule has 0 saturated heterocycles. The van der Waals surface area contributed by atoms with Crippen LogP contribution in [0.25, 0.3) is 0 Å². The summed E-state index contributed by atoms with van der Waals surface area (Å²) in [6, 6.07) is 10.4. The Labute approximate surface area is 133 Å². The fraction of sp³-hybridized carbons (Fsp3) is 0.200. The zero-order valence-electron chi connectivity index (χ0n) is 11.6. The molecule has 2 rings (SSSR count). The minimum Gasteiger partial charge on any atom is -0.395 e. The topological polar surface area (TPSA) is 66.4 Å². The molecule has 0 fully saturated rings. The van der Waals surface area contributed by atoms with E-state index in [1.807, 2.05) is 0 Å². The Balaban J connectivity index is 2.07. The molecule has 0 unspecified atom stereocenters. The van der Waals surface area contributed by atoms with Crippen molar-refractivity contribution in [3.63, 3.8) is 0 Å². The van der Waals surface area contributed by atoms with Crippen LogP contribution in [0.4, 0.5) is 10.1 Å². The van der Waals surface area contributed by atoms with Gasteiger partial charge in [-0.15, -0.1) is 0 Å². The normalized spacial score (nSPS) is 11.4. The third kappa shape index (κ3) is 4.19. The summed E-state index contributed by atoms with van der Waals surface area (Å²) in [4.78, 5) is 0.140. The van der Waals surface area contributed by atoms with Gasteiger partial charge in [-0.3, -0.25) is 0 Å². The van der Waals surface area contributed by atoms with Gasteiger partial charge < -0.3 is 10.4 Å². The monoisotopic (exact) mass is 343 g/mol. The number of hydrogen-bond donors (Lipinski definition) is 2. The zero-order chi connectivity index (χ0) is 16.2. The minimum atomic E-state index is -3.46. The van der Waals surface area contributed by atoms with Crippen molar-refractivity contribution in [2.24, 2.45) is 0 Å². The maximum absolute atomic E-state index is 13.6. The molecule has 118 valence electrons. The van der Waals surface area contributed by atoms with Crippen molar-refractivity contribution < 1.29 is 17.9 Å². The molecule has 2 aromatic carbocycles. The van der Waals surface area contributed by atoms with Crippen LogP contribution in [-0.4, -0.2) is 25.9 Å². The number of rotatable bonds is 6. The van der Waals surface area contributed by atoms with E-state index in [4.69, 9.17) is 16.7 Å². The molecule has 22 heavy (non-hydrogen) atoms. The van der Waals surface area contributed by atoms with E-state index in [9.17, 15) is 12.8 Å². The van der Waals surface area contributed by atoms with Gasteiger partial charge in [0, 0.05) is 22.8 Å². The first-order chi connectivity index (χ1) is 10.4. The van der Waals surface area contributed by atoms with E-state index >= 15 is 0 Å². The number of sulfone groups is 1. The lowest BCUT2D eigenvalue weighted by molar-refractivity contribution is 0.319. The van der Waals surface area contributed by atoms with Gasteiger partial charge in [-0.1, -0.05) is 11.6 Å². The van der Waals surface area contributed by atoms with Gasteiger partial charge in [0.2, 0.25) is 0 Å². The number of hydrogen-bond acceptors (Lipinski definition) is 4. The van der Waals surface area contributed by atoms with E-state index in [0.717, 1.165) is 0 Å². The molecular formula is C15H15ClFNO3S. The molecule has 0 aliphatic carbocycles. The summed E-state index contributed by atoms with van der Waals surface area (Å²) in [6.07, 6.45) is 0. The van der Waals surface area contributed by atoms with Gasteiger partial charge in [0.1, 0.15) is 5.82 Å². The molecule has 0 aromatic heterocycles. The van der Waals surface area contributed by atoms with Crippen molar-refractivity contribution in [2.75, 3.05) is 17.7 Å². The van der Waals surface area contributed by atoms with Gasteiger partial charge in [0.15, 0.2) is 9.84 Å². The smallest absolute Gasteiger partial charge is 0.180 e. The summed E-state index contributed by atoms with van der Waals surface area (Å²) in [5.41, 5.74) is 1.08. The average molecular weight is 344 g/mol. The Hall–Kier alpha value is -1.63. The first-order valence-electron chi connectivity index (χ1n) is 6.54. The maximum atomic E-state index is 13.6. The second-order valence-electron chi connectivity index (χ2n) is 4.66. The Morgan fingerprint density at radius 2 is 1.82 bits per heavy atom. The quantitative estimate of drug-likeness (QED) is 0.846. The van der Waals surface area contributed by atoms with Crippen LogP contribution in [0.3, 0.4) is 0 Å². The minimum absolute atomic E-state index is 0.140. The highest BCUT2D eigenvalue weighted by Crippen LogP contribution is 2.18. The van der Waals surface area contributed by atoms with E-state index in [1.165, 1.54) is 30.3 Å². The number of anilines is 1. The molecular weight excluding hydrogens is 329 g/mol. The fourth-order valence-electron chi connectivity index (χ4n) is 1.89. The molecule has 0 heterocycles. The lowest BCUT2D eigenvalue weighted by atomic mass is 10.2. The van der Waals surface area contributed by atoms with Crippen molar-refractivity contribution in [3.8, 4) is 0 Å². The third-order valence-electron chi connectivity index (χ3n) is 3.06. The van der Waals surface area contributed by atoms with Crippen LogP contribution in [0.15, 0.2) is 47.4 Å². The van der Waals surface area contributed by atoms with Gasteiger partial charge in [0.25, 0.3) is 0 Å². The van der Waals surface area contributed by atoms with Crippen molar-refractivity contribution in [2.45, 2.75) is 11.4 Å². The molecule has 2 aromatic rings. The van der Waals surface area contributed by atoms with E-state index in [1.54, 1.807) is 12.1 Å². The maximum Gasteiger partial charge on any atom is 0.180 e. The second-order valence-corrected chi connectivity index (χ2v) is 7.20. The number of aliphatic hydroxyl groups is 1. The molecule has 0 radical (unpaired) electrons. The summed E-state index contributed by atoms with van der Waals surface area (Å²) in [5, 5.41) is 12.2. The van der Waals surface area contributed by atoms with Crippen molar-refractivity contribution in [1.82, 2.24) is 0 Å². The van der Waals surface area contributed by atoms with E-state index in [0.29, 0.717) is 16.3 Å². The molecule has 0 amide bonds. The van der Waals surface area contributed by atoms with Gasteiger partial charge in [-0.05, 0) is 42.5 Å². The molecule has 7 heteroatoms. The van der Waals surface area contributed by atoms with Crippen LogP contribution < -0.4 is 5.32 Å². The lowest BCUT2D eigenvalue weighted by Crippen LogP contribution is -2.10. The number of benzene rings is 2. The van der Waals surface area contributed by atoms with Crippen molar-refractivity contribution >= 4 is 27.1 Å². The van der Waals surface area contributed by atoms with Crippen LogP contribution in [-0.2, 0) is 16.4 Å². The molecule has 0 aliphatic rings. The third-order valence-corrected chi connectivity index (χ3v) is 5.01. The van der Waals surface area contributed by atoms with Gasteiger partial charge >= 0.3 is 0 Å². The van der Waals surface area contributed by atoms with Crippen LogP contribution in [0.1, 0.15) is 5.56 Å². The summed E-state index contributed by atoms with van der Waals surface area (Å²) in [6.45, 7) is -0.189. The summed E-state index contributed by atoms with van der Waals surface area (Å²) < 4.78 is 37.1. The van der Waals surface area contributed by atoms with Crippen LogP contribution >= 0.6 is 11.6 Å². The molecule has 4 nitrogen and oxygen atoms in total. The summed E-state index contributed by atoms with van der Waals surface area (Å²) in [7, 11) is -3.46. The summed E-state index contributed by atoms with van der Waals surface area (Å²) >= 11 is 5.82. The summed E-state index contributed by atoms with van der Waals surface area (Å²) in [5.74, 6) is -0.674. The molecule has 0 spiro atoms. The SMILES string of the molecule is O=S(=O)(CCO)c1ccc(NCc2cc(Cl)ccc2F)cc1. The molecule has 2 N–H and O–H groups in total. The highest BCUT2D eigenvalue weighted by Gasteiger charge is 2.13. The predicted octanol–water partition coefficient (Wildman–Crippen LogP) is 2.86. The fourth-order valence-corrected chi connectivity index (χ4v) is 3.12. The van der Waals surface area contributed by atoms with Crippen LogP contribution in [0.5, 0.6) is 0 Å². The lowest BCUT2D eigenvalue weighted by Gasteiger charge is -2.09. The molecule has 0 bridgehead atoms. The second kappa shape index (κ2) is 7.09. The van der Waals surface area contributed by atoms with Gasteiger partial charge in [-0.25, -0.2) is 12.8 Å². The molecule has 0 atom stereocenters. The highest BCUT2D eigenvalue weighted by molar-refractivity contribution is 7.91. The van der Waals surface area contributed by atoms with E-state index in [2.05, 4.69) is 5.32 Å². The predicted molar refractivity (Wildman–Crippen MR) is 84.3 cm³/mol. The molecule has 0 aliphatic heterocycles. The Morgan fingerprint density at radius 3 is 2.45 bits per heavy atom. The van der Waals surface area contributed by atoms with Crippen LogP contribution in [0, 0.1) is 5.82 Å². The first kappa shape index (κ1) is 16.7. The van der Waals surface area contributed by atoms with Crippen molar-refractivity contribution in [3.05, 3.63) is 58.9 Å².